The molecule has 1 amide bonds. The quantitative estimate of drug-likeness (QED) is 0.328. The van der Waals surface area contributed by atoms with Crippen LogP contribution in [0.15, 0.2) is 47.4 Å². The van der Waals surface area contributed by atoms with Crippen molar-refractivity contribution in [2.24, 2.45) is 0 Å². The average molecular weight is 563 g/mol. The third kappa shape index (κ3) is 5.66. The first-order valence-corrected chi connectivity index (χ1v) is 14.2. The Bertz CT molecular complexity index is 1200. The van der Waals surface area contributed by atoms with Gasteiger partial charge in [-0.15, -0.1) is 0 Å². The molecule has 1 aromatic heterocycles. The van der Waals surface area contributed by atoms with Crippen molar-refractivity contribution in [2.45, 2.75) is 62.9 Å². The van der Waals surface area contributed by atoms with Gasteiger partial charge in [-0.3, -0.25) is 9.36 Å². The number of nitrogens with zero attached hydrogens (tertiary/aromatic N) is 3. The van der Waals surface area contributed by atoms with Gasteiger partial charge in [0.05, 0.1) is 25.9 Å². The molecule has 0 saturated carbocycles. The van der Waals surface area contributed by atoms with Gasteiger partial charge in [-0.2, -0.15) is 4.98 Å². The summed E-state index contributed by atoms with van der Waals surface area (Å²) in [5, 5.41) is 12.8. The highest BCUT2D eigenvalue weighted by Gasteiger charge is 2.57. The number of amides is 1. The van der Waals surface area contributed by atoms with E-state index in [4.69, 9.17) is 23.3 Å². The van der Waals surface area contributed by atoms with E-state index in [1.54, 1.807) is 7.11 Å². The Morgan fingerprint density at radius 3 is 2.74 bits per heavy atom. The Hall–Kier alpha value is -2.28. The highest BCUT2D eigenvalue weighted by atomic mass is 31.2. The Labute approximate surface area is 228 Å². The van der Waals surface area contributed by atoms with Gasteiger partial charge >= 0.3 is 5.69 Å². The number of benzene rings is 1. The first kappa shape index (κ1) is 28.3. The van der Waals surface area contributed by atoms with Crippen LogP contribution in [0, 0.1) is 0 Å². The molecule has 1 unspecified atom stereocenters. The van der Waals surface area contributed by atoms with Crippen LogP contribution >= 0.6 is 8.53 Å². The van der Waals surface area contributed by atoms with Crippen LogP contribution < -0.4 is 11.0 Å². The Kier molecular flexibility index (Phi) is 8.75. The lowest BCUT2D eigenvalue weighted by Crippen LogP contribution is -2.40. The van der Waals surface area contributed by atoms with Gasteiger partial charge in [-0.1, -0.05) is 30.3 Å². The number of methoxy groups -OCH3 is 1. The second-order valence-electron chi connectivity index (χ2n) is 9.95. The van der Waals surface area contributed by atoms with Gasteiger partial charge < -0.3 is 33.7 Å². The van der Waals surface area contributed by atoms with E-state index in [1.807, 2.05) is 18.2 Å². The topological polar surface area (TPSA) is 134 Å². The fourth-order valence-corrected chi connectivity index (χ4v) is 7.64. The summed E-state index contributed by atoms with van der Waals surface area (Å²) in [6.45, 7) is 4.46. The molecule has 1 aromatic carbocycles. The summed E-state index contributed by atoms with van der Waals surface area (Å²) in [7, 11) is 0.0527. The number of aliphatic hydroxyl groups excluding tert-OH is 1. The number of carbonyl (C=O) groups excluding carboxylic acids is 1. The maximum Gasteiger partial charge on any atom is 0.351 e. The Morgan fingerprint density at radius 1 is 1.26 bits per heavy atom. The summed E-state index contributed by atoms with van der Waals surface area (Å²) in [5.41, 5.74) is -0.105. The molecule has 3 fully saturated rings. The van der Waals surface area contributed by atoms with Gasteiger partial charge in [0.1, 0.15) is 29.7 Å². The van der Waals surface area contributed by atoms with E-state index in [2.05, 4.69) is 34.0 Å². The number of ether oxygens (including phenoxy) is 3. The number of carbonyl (C=O) groups is 1. The van der Waals surface area contributed by atoms with E-state index >= 15 is 0 Å². The molecule has 0 spiro atoms. The number of nitrogens with one attached hydrogen (secondary N) is 1. The monoisotopic (exact) mass is 562 g/mol. The zero-order chi connectivity index (χ0) is 27.6. The molecular weight excluding hydrogens is 527 g/mol. The number of aromatic nitrogens is 2. The summed E-state index contributed by atoms with van der Waals surface area (Å²) in [5.74, 6) is -0.207. The molecule has 0 bridgehead atoms. The summed E-state index contributed by atoms with van der Waals surface area (Å²) in [6, 6.07) is 11.8. The number of anilines is 1. The summed E-state index contributed by atoms with van der Waals surface area (Å²) < 4.78 is 34.3. The Balaban J connectivity index is 1.42. The lowest BCUT2D eigenvalue weighted by molar-refractivity contribution is -0.114. The molecule has 12 nitrogen and oxygen atoms in total. The molecule has 3 aliphatic heterocycles. The molecule has 3 aliphatic rings. The fraction of sp³-hybridized carbons (Fsp3) is 0.577. The first-order valence-electron chi connectivity index (χ1n) is 13.1. The van der Waals surface area contributed by atoms with Gasteiger partial charge in [0, 0.05) is 26.8 Å². The van der Waals surface area contributed by atoms with Gasteiger partial charge in [0.25, 0.3) is 8.53 Å². The molecule has 2 N–H and O–H groups in total. The second-order valence-corrected chi connectivity index (χ2v) is 11.3. The molecule has 13 heteroatoms. The van der Waals surface area contributed by atoms with E-state index in [1.165, 1.54) is 23.8 Å². The SMILES string of the molecule is COCCO[C@H]1C(O[P@]2O[C@@](C)(c3ccccc3)[C@H]3CCCN32)[C@@H](CO)O[C@H]1n1ccc(NC(C)=O)nc1=O. The Morgan fingerprint density at radius 2 is 2.05 bits per heavy atom. The van der Waals surface area contributed by atoms with E-state index in [0.717, 1.165) is 24.9 Å². The van der Waals surface area contributed by atoms with Crippen molar-refractivity contribution < 1.29 is 33.2 Å². The normalized spacial score (nSPS) is 32.4. The van der Waals surface area contributed by atoms with E-state index in [0.29, 0.717) is 6.61 Å². The zero-order valence-corrected chi connectivity index (χ0v) is 23.2. The van der Waals surface area contributed by atoms with Crippen molar-refractivity contribution in [2.75, 3.05) is 38.8 Å². The number of fused-ring (bicyclic) bond motifs is 1. The van der Waals surface area contributed by atoms with Gasteiger partial charge in [-0.25, -0.2) is 9.46 Å². The lowest BCUT2D eigenvalue weighted by Gasteiger charge is -2.29. The van der Waals surface area contributed by atoms with Gasteiger partial charge in [-0.05, 0) is 31.4 Å². The predicted molar refractivity (Wildman–Crippen MR) is 142 cm³/mol. The van der Waals surface area contributed by atoms with Crippen LogP contribution in [-0.4, -0.2) is 83.1 Å². The maximum absolute atomic E-state index is 12.9. The first-order chi connectivity index (χ1) is 18.9. The van der Waals surface area contributed by atoms with Crippen molar-refractivity contribution in [1.82, 2.24) is 14.2 Å². The van der Waals surface area contributed by atoms with Crippen molar-refractivity contribution in [3.05, 3.63) is 58.6 Å². The summed E-state index contributed by atoms with van der Waals surface area (Å²) in [6.07, 6.45) is 0.290. The van der Waals surface area contributed by atoms with Gasteiger partial charge in [0.2, 0.25) is 5.91 Å². The van der Waals surface area contributed by atoms with Crippen molar-refractivity contribution in [3.63, 3.8) is 0 Å². The third-order valence-corrected chi connectivity index (χ3v) is 9.23. The van der Waals surface area contributed by atoms with Crippen LogP contribution in [0.25, 0.3) is 0 Å². The lowest BCUT2D eigenvalue weighted by atomic mass is 9.87. The highest BCUT2D eigenvalue weighted by Crippen LogP contribution is 2.64. The predicted octanol–water partition coefficient (Wildman–Crippen LogP) is 2.15. The molecule has 39 heavy (non-hydrogen) atoms. The van der Waals surface area contributed by atoms with Crippen molar-refractivity contribution in [3.8, 4) is 0 Å². The molecule has 0 radical (unpaired) electrons. The molecule has 4 heterocycles. The molecular formula is C26H35N4O8P. The minimum absolute atomic E-state index is 0.133. The molecule has 3 saturated heterocycles. The summed E-state index contributed by atoms with van der Waals surface area (Å²) in [4.78, 5) is 28.3. The maximum atomic E-state index is 12.9. The third-order valence-electron chi connectivity index (χ3n) is 7.37. The van der Waals surface area contributed by atoms with E-state index in [-0.39, 0.29) is 31.0 Å². The number of rotatable bonds is 10. The number of hydrogen-bond acceptors (Lipinski definition) is 10. The van der Waals surface area contributed by atoms with Crippen LogP contribution in [0.1, 0.15) is 38.5 Å². The van der Waals surface area contributed by atoms with E-state index < -0.39 is 44.4 Å². The smallest absolute Gasteiger partial charge is 0.351 e. The molecule has 0 aliphatic carbocycles. The standard InChI is InChI=1S/C26H35N4O8P/c1-17(32)27-21-11-13-29(25(33)28-21)24-23(35-15-14-34-3)22(19(16-31)36-24)37-39-30-12-7-10-20(30)26(2,38-39)18-8-5-4-6-9-18/h4-6,8-9,11,13,19-20,22-24,31H,7,10,12,14-16H2,1-3H3,(H,27,28,32,33)/t19-,20-,22?,23+,24-,26+,39-/m1/s1. The number of hydrogen-bond donors (Lipinski definition) is 2. The largest absolute Gasteiger partial charge is 0.394 e. The number of aliphatic hydroxyl groups is 1. The van der Waals surface area contributed by atoms with E-state index in [9.17, 15) is 14.7 Å². The van der Waals surface area contributed by atoms with Crippen molar-refractivity contribution >= 4 is 20.3 Å². The average Bonchev–Trinajstić information content (AvgIpc) is 3.61. The van der Waals surface area contributed by atoms with Crippen LogP contribution in [-0.2, 0) is 33.7 Å². The molecule has 212 valence electrons. The van der Waals surface area contributed by atoms with Crippen LogP contribution in [0.4, 0.5) is 5.82 Å². The highest BCUT2D eigenvalue weighted by molar-refractivity contribution is 7.45. The van der Waals surface area contributed by atoms with Gasteiger partial charge in [0.15, 0.2) is 6.23 Å². The minimum atomic E-state index is -1.52. The zero-order valence-electron chi connectivity index (χ0n) is 22.3. The van der Waals surface area contributed by atoms with Crippen LogP contribution in [0.5, 0.6) is 0 Å². The molecule has 5 rings (SSSR count). The van der Waals surface area contributed by atoms with Crippen LogP contribution in [0.2, 0.25) is 0 Å². The summed E-state index contributed by atoms with van der Waals surface area (Å²) >= 11 is 0. The minimum Gasteiger partial charge on any atom is -0.394 e. The second kappa shape index (κ2) is 12.1. The molecule has 7 atom stereocenters. The van der Waals surface area contributed by atoms with Crippen molar-refractivity contribution in [1.29, 1.82) is 0 Å². The van der Waals surface area contributed by atoms with Crippen LogP contribution in [0.3, 0.4) is 0 Å². The fourth-order valence-electron chi connectivity index (χ4n) is 5.49. The molecule has 2 aromatic rings.